The highest BCUT2D eigenvalue weighted by Gasteiger charge is 2.30. The zero-order chi connectivity index (χ0) is 15.5. The van der Waals surface area contributed by atoms with Gasteiger partial charge in [-0.2, -0.15) is 0 Å². The lowest BCUT2D eigenvalue weighted by Gasteiger charge is -2.44. The van der Waals surface area contributed by atoms with Gasteiger partial charge < -0.3 is 5.11 Å². The molecule has 21 heavy (non-hydrogen) atoms. The first-order valence-corrected chi connectivity index (χ1v) is 7.64. The highest BCUT2D eigenvalue weighted by molar-refractivity contribution is 5.68. The van der Waals surface area contributed by atoms with Gasteiger partial charge in [-0.05, 0) is 26.3 Å². The minimum atomic E-state index is -0.734. The van der Waals surface area contributed by atoms with Gasteiger partial charge in [0.25, 0.3) is 0 Å². The van der Waals surface area contributed by atoms with Crippen molar-refractivity contribution in [1.82, 2.24) is 9.80 Å². The Kier molecular flexibility index (Phi) is 5.01. The molecule has 0 amide bonds. The molecule has 0 bridgehead atoms. The van der Waals surface area contributed by atoms with Gasteiger partial charge in [-0.15, -0.1) is 0 Å². The van der Waals surface area contributed by atoms with Gasteiger partial charge in [0.05, 0.1) is 6.42 Å². The highest BCUT2D eigenvalue weighted by atomic mass is 16.4. The fraction of sp³-hybridized carbons (Fsp3) is 0.588. The second-order valence-corrected chi connectivity index (χ2v) is 6.72. The molecular weight excluding hydrogens is 264 g/mol. The lowest BCUT2D eigenvalue weighted by Crippen LogP contribution is -2.54. The Morgan fingerprint density at radius 2 is 1.71 bits per heavy atom. The van der Waals surface area contributed by atoms with Crippen molar-refractivity contribution in [3.8, 4) is 0 Å². The van der Waals surface area contributed by atoms with Gasteiger partial charge in [0.2, 0.25) is 0 Å². The van der Waals surface area contributed by atoms with Crippen LogP contribution in [0.5, 0.6) is 0 Å². The SMILES string of the molecule is CC(C)(C)N1CCN(C(CC(=O)O)c2ccccc2)CC1. The van der Waals surface area contributed by atoms with E-state index in [-0.39, 0.29) is 18.0 Å². The number of piperazine rings is 1. The Labute approximate surface area is 127 Å². The van der Waals surface area contributed by atoms with Crippen molar-refractivity contribution < 1.29 is 9.90 Å². The Balaban J connectivity index is 2.08. The molecule has 0 aliphatic carbocycles. The third-order valence-electron chi connectivity index (χ3n) is 4.26. The molecule has 0 saturated carbocycles. The molecule has 1 aromatic rings. The lowest BCUT2D eigenvalue weighted by molar-refractivity contribution is -0.138. The summed E-state index contributed by atoms with van der Waals surface area (Å²) in [7, 11) is 0. The Morgan fingerprint density at radius 1 is 1.14 bits per heavy atom. The number of nitrogens with zero attached hydrogens (tertiary/aromatic N) is 2. The number of hydrogen-bond donors (Lipinski definition) is 1. The summed E-state index contributed by atoms with van der Waals surface area (Å²) < 4.78 is 0. The smallest absolute Gasteiger partial charge is 0.305 e. The van der Waals surface area contributed by atoms with Crippen molar-refractivity contribution >= 4 is 5.97 Å². The fourth-order valence-electron chi connectivity index (χ4n) is 3.00. The second-order valence-electron chi connectivity index (χ2n) is 6.72. The maximum Gasteiger partial charge on any atom is 0.305 e. The Morgan fingerprint density at radius 3 is 2.19 bits per heavy atom. The summed E-state index contributed by atoms with van der Waals surface area (Å²) in [6.07, 6.45) is 0.166. The van der Waals surface area contributed by atoms with Crippen LogP contribution in [0.3, 0.4) is 0 Å². The number of hydrogen-bond acceptors (Lipinski definition) is 3. The van der Waals surface area contributed by atoms with Crippen LogP contribution in [0.4, 0.5) is 0 Å². The van der Waals surface area contributed by atoms with Crippen molar-refractivity contribution in [3.05, 3.63) is 35.9 Å². The average Bonchev–Trinajstić information content (AvgIpc) is 2.45. The first-order valence-electron chi connectivity index (χ1n) is 7.64. The van der Waals surface area contributed by atoms with E-state index in [9.17, 15) is 9.90 Å². The van der Waals surface area contributed by atoms with E-state index >= 15 is 0 Å². The van der Waals surface area contributed by atoms with Crippen LogP contribution in [0.25, 0.3) is 0 Å². The van der Waals surface area contributed by atoms with Gasteiger partial charge in [-0.1, -0.05) is 30.3 Å². The molecule has 4 nitrogen and oxygen atoms in total. The van der Waals surface area contributed by atoms with Crippen LogP contribution in [0.15, 0.2) is 30.3 Å². The monoisotopic (exact) mass is 290 g/mol. The van der Waals surface area contributed by atoms with Crippen LogP contribution in [-0.4, -0.2) is 52.6 Å². The summed E-state index contributed by atoms with van der Waals surface area (Å²) in [4.78, 5) is 16.0. The van der Waals surface area contributed by atoms with E-state index in [4.69, 9.17) is 0 Å². The zero-order valence-electron chi connectivity index (χ0n) is 13.2. The normalized spacial score (nSPS) is 19.4. The molecule has 1 atom stereocenters. The van der Waals surface area contributed by atoms with Gasteiger partial charge in [0, 0.05) is 37.8 Å². The van der Waals surface area contributed by atoms with Crippen molar-refractivity contribution in [3.63, 3.8) is 0 Å². The zero-order valence-corrected chi connectivity index (χ0v) is 13.2. The standard InChI is InChI=1S/C17H26N2O2/c1-17(2,3)19-11-9-18(10-12-19)15(13-16(20)21)14-7-5-4-6-8-14/h4-8,15H,9-13H2,1-3H3,(H,20,21). The maximum absolute atomic E-state index is 11.2. The van der Waals surface area contributed by atoms with Gasteiger partial charge >= 0.3 is 5.97 Å². The molecule has 1 aliphatic heterocycles. The predicted molar refractivity (Wildman–Crippen MR) is 84.3 cm³/mol. The molecule has 0 spiro atoms. The van der Waals surface area contributed by atoms with Crippen LogP contribution in [0.2, 0.25) is 0 Å². The van der Waals surface area contributed by atoms with E-state index in [2.05, 4.69) is 30.6 Å². The minimum Gasteiger partial charge on any atom is -0.481 e. The van der Waals surface area contributed by atoms with Crippen LogP contribution in [0, 0.1) is 0 Å². The first-order chi connectivity index (χ1) is 9.88. The summed E-state index contributed by atoms with van der Waals surface area (Å²) in [6.45, 7) is 10.5. The average molecular weight is 290 g/mol. The van der Waals surface area contributed by atoms with Crippen LogP contribution in [0.1, 0.15) is 38.8 Å². The van der Waals surface area contributed by atoms with Crippen molar-refractivity contribution in [1.29, 1.82) is 0 Å². The summed E-state index contributed by atoms with van der Waals surface area (Å²) in [5.41, 5.74) is 1.28. The molecular formula is C17H26N2O2. The molecule has 1 aromatic carbocycles. The Hall–Kier alpha value is -1.39. The number of carboxylic acid groups (broad SMARTS) is 1. The van der Waals surface area contributed by atoms with Crippen molar-refractivity contribution in [2.45, 2.75) is 38.8 Å². The molecule has 1 heterocycles. The molecule has 1 aliphatic rings. The van der Waals surface area contributed by atoms with E-state index < -0.39 is 5.97 Å². The van der Waals surface area contributed by atoms with Crippen LogP contribution >= 0.6 is 0 Å². The van der Waals surface area contributed by atoms with Gasteiger partial charge in [-0.25, -0.2) is 0 Å². The third kappa shape index (κ3) is 4.29. The first kappa shape index (κ1) is 16.0. The molecule has 1 unspecified atom stereocenters. The molecule has 1 N–H and O–H groups in total. The summed E-state index contributed by atoms with van der Waals surface area (Å²) in [6, 6.07) is 9.98. The van der Waals surface area contributed by atoms with Gasteiger partial charge in [0.1, 0.15) is 0 Å². The summed E-state index contributed by atoms with van der Waals surface area (Å²) >= 11 is 0. The summed E-state index contributed by atoms with van der Waals surface area (Å²) in [5.74, 6) is -0.734. The minimum absolute atomic E-state index is 0.0224. The lowest BCUT2D eigenvalue weighted by atomic mass is 9.99. The molecule has 0 aromatic heterocycles. The Bertz CT molecular complexity index is 459. The number of carboxylic acids is 1. The van der Waals surface area contributed by atoms with Crippen LogP contribution in [-0.2, 0) is 4.79 Å². The second kappa shape index (κ2) is 6.58. The number of rotatable bonds is 4. The number of benzene rings is 1. The molecule has 4 heteroatoms. The predicted octanol–water partition coefficient (Wildman–Crippen LogP) is 2.62. The molecule has 1 fully saturated rings. The molecule has 1 saturated heterocycles. The third-order valence-corrected chi connectivity index (χ3v) is 4.26. The molecule has 2 rings (SSSR count). The quantitative estimate of drug-likeness (QED) is 0.926. The molecule has 116 valence electrons. The van der Waals surface area contributed by atoms with E-state index in [0.717, 1.165) is 31.7 Å². The summed E-state index contributed by atoms with van der Waals surface area (Å²) in [5, 5.41) is 9.22. The van der Waals surface area contributed by atoms with E-state index in [1.165, 1.54) is 0 Å². The van der Waals surface area contributed by atoms with Crippen molar-refractivity contribution in [2.24, 2.45) is 0 Å². The van der Waals surface area contributed by atoms with Gasteiger partial charge in [-0.3, -0.25) is 14.6 Å². The largest absolute Gasteiger partial charge is 0.481 e. The van der Waals surface area contributed by atoms with E-state index in [1.807, 2.05) is 30.3 Å². The van der Waals surface area contributed by atoms with Crippen molar-refractivity contribution in [2.75, 3.05) is 26.2 Å². The van der Waals surface area contributed by atoms with Gasteiger partial charge in [0.15, 0.2) is 0 Å². The van der Waals surface area contributed by atoms with E-state index in [1.54, 1.807) is 0 Å². The van der Waals surface area contributed by atoms with E-state index in [0.29, 0.717) is 0 Å². The highest BCUT2D eigenvalue weighted by Crippen LogP contribution is 2.27. The maximum atomic E-state index is 11.2. The number of aliphatic carboxylic acids is 1. The van der Waals surface area contributed by atoms with Crippen LogP contribution < -0.4 is 0 Å². The topological polar surface area (TPSA) is 43.8 Å². The molecule has 0 radical (unpaired) electrons. The fourth-order valence-corrected chi connectivity index (χ4v) is 3.00. The number of carbonyl (C=O) groups is 1.